The summed E-state index contributed by atoms with van der Waals surface area (Å²) >= 11 is 5.82. The van der Waals surface area contributed by atoms with E-state index >= 15 is 0 Å². The van der Waals surface area contributed by atoms with Crippen molar-refractivity contribution in [1.29, 1.82) is 0 Å². The Bertz CT molecular complexity index is 620. The van der Waals surface area contributed by atoms with E-state index in [9.17, 15) is 9.18 Å². The number of hydrogen-bond donors (Lipinski definition) is 2. The molecular weight excluding hydrogens is 271 g/mol. The third-order valence-corrected chi connectivity index (χ3v) is 2.62. The zero-order valence-electron chi connectivity index (χ0n) is 9.95. The van der Waals surface area contributed by atoms with Crippen LogP contribution in [0.15, 0.2) is 30.6 Å². The van der Waals surface area contributed by atoms with Crippen LogP contribution in [0.25, 0.3) is 0 Å². The summed E-state index contributed by atoms with van der Waals surface area (Å²) in [6.07, 6.45) is 2.81. The predicted octanol–water partition coefficient (Wildman–Crippen LogP) is 2.56. The number of aromatic nitrogens is 2. The van der Waals surface area contributed by atoms with Gasteiger partial charge < -0.3 is 10.6 Å². The SMILES string of the molecule is CNc1cncc(C(=O)Nc2ccc(F)cc2Cl)n1. The molecule has 1 heterocycles. The maximum absolute atomic E-state index is 12.9. The fourth-order valence-corrected chi connectivity index (χ4v) is 1.59. The molecule has 0 unspecified atom stereocenters. The summed E-state index contributed by atoms with van der Waals surface area (Å²) in [4.78, 5) is 19.8. The van der Waals surface area contributed by atoms with Gasteiger partial charge in [0.15, 0.2) is 0 Å². The van der Waals surface area contributed by atoms with Crippen LogP contribution in [0.2, 0.25) is 5.02 Å². The van der Waals surface area contributed by atoms with E-state index in [0.29, 0.717) is 11.5 Å². The molecule has 2 N–H and O–H groups in total. The zero-order chi connectivity index (χ0) is 13.8. The highest BCUT2D eigenvalue weighted by Gasteiger charge is 2.11. The van der Waals surface area contributed by atoms with Gasteiger partial charge in [0.2, 0.25) is 0 Å². The van der Waals surface area contributed by atoms with Crippen LogP contribution < -0.4 is 10.6 Å². The molecular formula is C12H10ClFN4O. The van der Waals surface area contributed by atoms with E-state index in [2.05, 4.69) is 20.6 Å². The molecule has 98 valence electrons. The van der Waals surface area contributed by atoms with Crippen molar-refractivity contribution in [1.82, 2.24) is 9.97 Å². The third-order valence-electron chi connectivity index (χ3n) is 2.30. The molecule has 0 aliphatic carbocycles. The van der Waals surface area contributed by atoms with Crippen molar-refractivity contribution in [2.45, 2.75) is 0 Å². The molecule has 19 heavy (non-hydrogen) atoms. The molecule has 0 saturated heterocycles. The van der Waals surface area contributed by atoms with Crippen molar-refractivity contribution in [2.24, 2.45) is 0 Å². The van der Waals surface area contributed by atoms with Gasteiger partial charge in [-0.15, -0.1) is 0 Å². The largest absolute Gasteiger partial charge is 0.372 e. The molecule has 0 saturated carbocycles. The number of anilines is 2. The fraction of sp³-hybridized carbons (Fsp3) is 0.0833. The van der Waals surface area contributed by atoms with Crippen molar-refractivity contribution in [3.05, 3.63) is 47.1 Å². The first-order valence-electron chi connectivity index (χ1n) is 5.36. The zero-order valence-corrected chi connectivity index (χ0v) is 10.7. The minimum atomic E-state index is -0.474. The maximum Gasteiger partial charge on any atom is 0.275 e. The molecule has 0 aliphatic heterocycles. The van der Waals surface area contributed by atoms with Crippen molar-refractivity contribution >= 4 is 29.0 Å². The highest BCUT2D eigenvalue weighted by Crippen LogP contribution is 2.22. The van der Waals surface area contributed by atoms with E-state index in [4.69, 9.17) is 11.6 Å². The molecule has 2 aromatic rings. The van der Waals surface area contributed by atoms with Gasteiger partial charge in [0.05, 0.1) is 23.1 Å². The number of halogens is 2. The van der Waals surface area contributed by atoms with E-state index in [1.54, 1.807) is 7.05 Å². The molecule has 0 bridgehead atoms. The molecule has 1 aromatic heterocycles. The van der Waals surface area contributed by atoms with Gasteiger partial charge in [-0.05, 0) is 18.2 Å². The first kappa shape index (κ1) is 13.2. The van der Waals surface area contributed by atoms with Crippen LogP contribution in [-0.2, 0) is 0 Å². The predicted molar refractivity (Wildman–Crippen MR) is 70.9 cm³/mol. The van der Waals surface area contributed by atoms with Crippen LogP contribution in [-0.4, -0.2) is 22.9 Å². The lowest BCUT2D eigenvalue weighted by molar-refractivity contribution is 0.102. The van der Waals surface area contributed by atoms with Crippen molar-refractivity contribution < 1.29 is 9.18 Å². The highest BCUT2D eigenvalue weighted by atomic mass is 35.5. The Morgan fingerprint density at radius 1 is 1.37 bits per heavy atom. The Morgan fingerprint density at radius 3 is 2.84 bits per heavy atom. The van der Waals surface area contributed by atoms with Crippen LogP contribution in [0, 0.1) is 5.82 Å². The molecule has 0 radical (unpaired) electrons. The van der Waals surface area contributed by atoms with Crippen LogP contribution >= 0.6 is 11.6 Å². The molecule has 1 aromatic carbocycles. The van der Waals surface area contributed by atoms with Crippen LogP contribution in [0.4, 0.5) is 15.9 Å². The summed E-state index contributed by atoms with van der Waals surface area (Å²) in [6.45, 7) is 0. The van der Waals surface area contributed by atoms with Gasteiger partial charge in [-0.1, -0.05) is 11.6 Å². The normalized spacial score (nSPS) is 10.1. The lowest BCUT2D eigenvalue weighted by Gasteiger charge is -2.07. The summed E-state index contributed by atoms with van der Waals surface area (Å²) in [5.74, 6) is -0.476. The lowest BCUT2D eigenvalue weighted by atomic mass is 10.3. The second kappa shape index (κ2) is 5.62. The summed E-state index contributed by atoms with van der Waals surface area (Å²) in [5, 5.41) is 5.43. The highest BCUT2D eigenvalue weighted by molar-refractivity contribution is 6.33. The Kier molecular flexibility index (Phi) is 3.91. The van der Waals surface area contributed by atoms with Crippen LogP contribution in [0.1, 0.15) is 10.5 Å². The van der Waals surface area contributed by atoms with E-state index in [0.717, 1.165) is 6.07 Å². The summed E-state index contributed by atoms with van der Waals surface area (Å²) < 4.78 is 12.9. The van der Waals surface area contributed by atoms with E-state index in [-0.39, 0.29) is 10.7 Å². The minimum Gasteiger partial charge on any atom is -0.372 e. The second-order valence-corrected chi connectivity index (χ2v) is 4.03. The summed E-state index contributed by atoms with van der Waals surface area (Å²) in [5.41, 5.74) is 0.442. The summed E-state index contributed by atoms with van der Waals surface area (Å²) in [7, 11) is 1.67. The van der Waals surface area contributed by atoms with E-state index < -0.39 is 11.7 Å². The van der Waals surface area contributed by atoms with Gasteiger partial charge in [-0.2, -0.15) is 0 Å². The Labute approximate surface area is 113 Å². The number of nitrogens with one attached hydrogen (secondary N) is 2. The van der Waals surface area contributed by atoms with Crippen molar-refractivity contribution in [3.63, 3.8) is 0 Å². The van der Waals surface area contributed by atoms with Crippen molar-refractivity contribution in [3.8, 4) is 0 Å². The molecule has 0 aliphatic rings. The average Bonchev–Trinajstić information content (AvgIpc) is 2.42. The standard InChI is InChI=1S/C12H10ClFN4O/c1-15-11-6-16-5-10(17-11)12(19)18-9-3-2-7(14)4-8(9)13/h2-6H,1H3,(H,15,17)(H,18,19). The average molecular weight is 281 g/mol. The Balaban J connectivity index is 2.20. The number of amides is 1. The van der Waals surface area contributed by atoms with Gasteiger partial charge in [0, 0.05) is 7.05 Å². The number of rotatable bonds is 3. The van der Waals surface area contributed by atoms with Crippen LogP contribution in [0.5, 0.6) is 0 Å². The Hall–Kier alpha value is -2.21. The second-order valence-electron chi connectivity index (χ2n) is 3.62. The molecule has 0 atom stereocenters. The summed E-state index contributed by atoms with van der Waals surface area (Å²) in [6, 6.07) is 3.70. The van der Waals surface area contributed by atoms with E-state index in [1.165, 1.54) is 24.5 Å². The fourth-order valence-electron chi connectivity index (χ4n) is 1.37. The smallest absolute Gasteiger partial charge is 0.275 e. The number of hydrogen-bond acceptors (Lipinski definition) is 4. The van der Waals surface area contributed by atoms with Crippen molar-refractivity contribution in [2.75, 3.05) is 17.7 Å². The molecule has 0 fully saturated rings. The monoisotopic (exact) mass is 280 g/mol. The topological polar surface area (TPSA) is 66.9 Å². The quantitative estimate of drug-likeness (QED) is 0.907. The minimum absolute atomic E-state index is 0.117. The number of nitrogens with zero attached hydrogens (tertiary/aromatic N) is 2. The third kappa shape index (κ3) is 3.17. The van der Waals surface area contributed by atoms with Crippen LogP contribution in [0.3, 0.4) is 0 Å². The molecule has 7 heteroatoms. The number of carbonyl (C=O) groups is 1. The number of carbonyl (C=O) groups excluding carboxylic acids is 1. The molecule has 5 nitrogen and oxygen atoms in total. The maximum atomic E-state index is 12.9. The van der Waals surface area contributed by atoms with Gasteiger partial charge in [0.25, 0.3) is 5.91 Å². The first-order chi connectivity index (χ1) is 9.10. The Morgan fingerprint density at radius 2 is 2.16 bits per heavy atom. The lowest BCUT2D eigenvalue weighted by Crippen LogP contribution is -2.15. The van der Waals surface area contributed by atoms with Gasteiger partial charge in [-0.3, -0.25) is 9.78 Å². The first-order valence-corrected chi connectivity index (χ1v) is 5.74. The number of benzene rings is 1. The molecule has 0 spiro atoms. The van der Waals surface area contributed by atoms with E-state index in [1.807, 2.05) is 0 Å². The molecule has 2 rings (SSSR count). The van der Waals surface area contributed by atoms with Gasteiger partial charge >= 0.3 is 0 Å². The molecule has 1 amide bonds. The van der Waals surface area contributed by atoms with Gasteiger partial charge in [-0.25, -0.2) is 9.37 Å². The van der Waals surface area contributed by atoms with Gasteiger partial charge in [0.1, 0.15) is 17.3 Å².